The van der Waals surface area contributed by atoms with E-state index in [0.29, 0.717) is 5.82 Å². The summed E-state index contributed by atoms with van der Waals surface area (Å²) in [5.41, 5.74) is -0.243. The van der Waals surface area contributed by atoms with Gasteiger partial charge in [0.05, 0.1) is 11.0 Å². The molecule has 1 atom stereocenters. The van der Waals surface area contributed by atoms with Gasteiger partial charge in [0.1, 0.15) is 5.56 Å². The van der Waals surface area contributed by atoms with Crippen LogP contribution in [0.2, 0.25) is 0 Å². The smallest absolute Gasteiger partial charge is 0.282 e. The normalized spacial score (nSPS) is 11.9. The zero-order valence-corrected chi connectivity index (χ0v) is 12.0. The van der Waals surface area contributed by atoms with E-state index in [0.717, 1.165) is 4.90 Å². The Kier molecular flexibility index (Phi) is 4.48. The van der Waals surface area contributed by atoms with Gasteiger partial charge in [0.25, 0.3) is 11.6 Å². The van der Waals surface area contributed by atoms with Crippen LogP contribution in [-0.4, -0.2) is 37.7 Å². The molecule has 0 aliphatic rings. The first-order chi connectivity index (χ1) is 10.0. The van der Waals surface area contributed by atoms with Crippen LogP contribution in [0.1, 0.15) is 29.1 Å². The lowest BCUT2D eigenvalue weighted by Gasteiger charge is -2.10. The molecular weight excluding hydrogens is 296 g/mol. The van der Waals surface area contributed by atoms with E-state index in [4.69, 9.17) is 0 Å². The van der Waals surface area contributed by atoms with Crippen molar-refractivity contribution in [1.29, 1.82) is 0 Å². The quantitative estimate of drug-likeness (QED) is 0.484. The van der Waals surface area contributed by atoms with Crippen molar-refractivity contribution in [2.75, 3.05) is 6.26 Å². The van der Waals surface area contributed by atoms with E-state index in [1.165, 1.54) is 23.9 Å². The van der Waals surface area contributed by atoms with E-state index in [-0.39, 0.29) is 11.3 Å². The number of aromatic amines is 1. The van der Waals surface area contributed by atoms with E-state index in [9.17, 15) is 14.9 Å². The molecule has 0 bridgehead atoms. The van der Waals surface area contributed by atoms with Crippen molar-refractivity contribution in [3.8, 4) is 0 Å². The van der Waals surface area contributed by atoms with Gasteiger partial charge in [0, 0.05) is 11.0 Å². The zero-order chi connectivity index (χ0) is 15.4. The molecule has 0 saturated heterocycles. The van der Waals surface area contributed by atoms with E-state index in [1.54, 1.807) is 13.0 Å². The molecule has 2 N–H and O–H groups in total. The number of nitrogens with zero attached hydrogens (tertiary/aromatic N) is 4. The second kappa shape index (κ2) is 6.31. The van der Waals surface area contributed by atoms with Crippen LogP contribution in [0.25, 0.3) is 0 Å². The highest BCUT2D eigenvalue weighted by molar-refractivity contribution is 7.98. The van der Waals surface area contributed by atoms with E-state index in [2.05, 4.69) is 25.9 Å². The number of nitrogens with one attached hydrogen (secondary N) is 2. The van der Waals surface area contributed by atoms with Crippen LogP contribution >= 0.6 is 11.8 Å². The van der Waals surface area contributed by atoms with Crippen LogP contribution in [0.15, 0.2) is 23.1 Å². The lowest BCUT2D eigenvalue weighted by molar-refractivity contribution is -0.385. The molecule has 0 radical (unpaired) electrons. The average molecular weight is 308 g/mol. The fraction of sp³-hybridized carbons (Fsp3) is 0.273. The summed E-state index contributed by atoms with van der Waals surface area (Å²) in [4.78, 5) is 23.4. The number of aromatic nitrogens is 4. The molecule has 0 aliphatic carbocycles. The van der Waals surface area contributed by atoms with Gasteiger partial charge in [-0.2, -0.15) is 5.21 Å². The second-order valence-corrected chi connectivity index (χ2v) is 4.98. The fourth-order valence-corrected chi connectivity index (χ4v) is 2.11. The summed E-state index contributed by atoms with van der Waals surface area (Å²) >= 11 is 1.40. The highest BCUT2D eigenvalue weighted by atomic mass is 32.2. The van der Waals surface area contributed by atoms with Gasteiger partial charge in [-0.15, -0.1) is 22.0 Å². The number of carbonyl (C=O) groups excluding carboxylic acids is 1. The number of amides is 1. The number of nitro benzene ring substituents is 1. The molecule has 10 heteroatoms. The number of carbonyl (C=O) groups is 1. The van der Waals surface area contributed by atoms with Gasteiger partial charge in [0.2, 0.25) is 0 Å². The lowest BCUT2D eigenvalue weighted by atomic mass is 10.1. The minimum atomic E-state index is -0.585. The first kappa shape index (κ1) is 14.9. The first-order valence-electron chi connectivity index (χ1n) is 5.89. The van der Waals surface area contributed by atoms with Crippen LogP contribution in [0.5, 0.6) is 0 Å². The number of hydrogen-bond acceptors (Lipinski definition) is 7. The number of nitro groups is 1. The Labute approximate surface area is 123 Å². The monoisotopic (exact) mass is 308 g/mol. The SMILES string of the molecule is CSc1ccc([N+](=O)[O-])c(C(=O)NC(C)c2nn[nH]n2)c1. The Morgan fingerprint density at radius 2 is 2.29 bits per heavy atom. The highest BCUT2D eigenvalue weighted by Crippen LogP contribution is 2.25. The molecule has 1 aromatic heterocycles. The van der Waals surface area contributed by atoms with Crippen molar-refractivity contribution in [3.05, 3.63) is 39.7 Å². The van der Waals surface area contributed by atoms with Gasteiger partial charge in [-0.05, 0) is 25.3 Å². The predicted octanol–water partition coefficient (Wildman–Crippen LogP) is 1.32. The number of benzene rings is 1. The molecule has 1 amide bonds. The third-order valence-corrected chi connectivity index (χ3v) is 3.47. The summed E-state index contributed by atoms with van der Waals surface area (Å²) in [7, 11) is 0. The van der Waals surface area contributed by atoms with E-state index < -0.39 is 16.9 Å². The maximum atomic E-state index is 12.2. The molecule has 21 heavy (non-hydrogen) atoms. The van der Waals surface area contributed by atoms with Gasteiger partial charge >= 0.3 is 0 Å². The topological polar surface area (TPSA) is 127 Å². The van der Waals surface area contributed by atoms with Gasteiger partial charge in [0.15, 0.2) is 5.82 Å². The van der Waals surface area contributed by atoms with Crippen LogP contribution in [0, 0.1) is 10.1 Å². The Hall–Kier alpha value is -2.49. The van der Waals surface area contributed by atoms with Crippen molar-refractivity contribution in [2.45, 2.75) is 17.9 Å². The Morgan fingerprint density at radius 1 is 1.52 bits per heavy atom. The molecule has 1 unspecified atom stereocenters. The number of tetrazole rings is 1. The van der Waals surface area contributed by atoms with Crippen LogP contribution in [0.3, 0.4) is 0 Å². The van der Waals surface area contributed by atoms with Crippen LogP contribution < -0.4 is 5.32 Å². The highest BCUT2D eigenvalue weighted by Gasteiger charge is 2.23. The molecule has 9 nitrogen and oxygen atoms in total. The minimum Gasteiger partial charge on any atom is -0.342 e. The second-order valence-electron chi connectivity index (χ2n) is 4.11. The number of H-pyrrole nitrogens is 1. The third-order valence-electron chi connectivity index (χ3n) is 2.74. The Bertz CT molecular complexity index is 660. The largest absolute Gasteiger partial charge is 0.342 e. The minimum absolute atomic E-state index is 0.00203. The maximum Gasteiger partial charge on any atom is 0.282 e. The van der Waals surface area contributed by atoms with Crippen molar-refractivity contribution >= 4 is 23.4 Å². The summed E-state index contributed by atoms with van der Waals surface area (Å²) < 4.78 is 0. The Morgan fingerprint density at radius 3 is 2.86 bits per heavy atom. The van der Waals surface area contributed by atoms with Gasteiger partial charge < -0.3 is 5.32 Å². The zero-order valence-electron chi connectivity index (χ0n) is 11.2. The van der Waals surface area contributed by atoms with Crippen molar-refractivity contribution in [2.24, 2.45) is 0 Å². The Balaban J connectivity index is 2.27. The van der Waals surface area contributed by atoms with Gasteiger partial charge in [-0.3, -0.25) is 14.9 Å². The lowest BCUT2D eigenvalue weighted by Crippen LogP contribution is -2.28. The maximum absolute atomic E-state index is 12.2. The molecule has 2 rings (SSSR count). The van der Waals surface area contributed by atoms with Gasteiger partial charge in [-0.1, -0.05) is 5.21 Å². The molecule has 1 heterocycles. The molecule has 0 spiro atoms. The molecular formula is C11H12N6O3S. The van der Waals surface area contributed by atoms with Gasteiger partial charge in [-0.25, -0.2) is 0 Å². The fourth-order valence-electron chi connectivity index (χ4n) is 1.68. The standard InChI is InChI=1S/C11H12N6O3S/c1-6(10-13-15-16-14-10)12-11(18)8-5-7(21-2)3-4-9(8)17(19)20/h3-6H,1-2H3,(H,12,18)(H,13,14,15,16). The molecule has 0 saturated carbocycles. The summed E-state index contributed by atoms with van der Waals surface area (Å²) in [6, 6.07) is 3.89. The average Bonchev–Trinajstić information content (AvgIpc) is 3.00. The molecule has 2 aromatic rings. The number of thioether (sulfide) groups is 1. The predicted molar refractivity (Wildman–Crippen MR) is 74.9 cm³/mol. The van der Waals surface area contributed by atoms with Crippen LogP contribution in [-0.2, 0) is 0 Å². The molecule has 0 aliphatic heterocycles. The molecule has 1 aromatic carbocycles. The molecule has 0 fully saturated rings. The van der Waals surface area contributed by atoms with Crippen LogP contribution in [0.4, 0.5) is 5.69 Å². The van der Waals surface area contributed by atoms with E-state index in [1.807, 2.05) is 6.26 Å². The summed E-state index contributed by atoms with van der Waals surface area (Å²) in [5.74, 6) is -0.262. The summed E-state index contributed by atoms with van der Waals surface area (Å²) in [5, 5.41) is 26.8. The summed E-state index contributed by atoms with van der Waals surface area (Å²) in [6.07, 6.45) is 1.82. The van der Waals surface area contributed by atoms with Crippen molar-refractivity contribution in [3.63, 3.8) is 0 Å². The van der Waals surface area contributed by atoms with E-state index >= 15 is 0 Å². The number of hydrogen-bond donors (Lipinski definition) is 2. The van der Waals surface area contributed by atoms with Crippen molar-refractivity contribution in [1.82, 2.24) is 25.9 Å². The number of rotatable bonds is 5. The summed E-state index contributed by atoms with van der Waals surface area (Å²) in [6.45, 7) is 1.66. The van der Waals surface area contributed by atoms with Crippen molar-refractivity contribution < 1.29 is 9.72 Å². The third kappa shape index (κ3) is 3.34. The molecule has 110 valence electrons. The first-order valence-corrected chi connectivity index (χ1v) is 7.12.